The molecule has 0 heteroatoms. The monoisotopic (exact) mass is 492 g/mol. The van der Waals surface area contributed by atoms with E-state index in [1.165, 1.54) is 49.2 Å². The molecule has 172 valence electrons. The van der Waals surface area contributed by atoms with E-state index in [2.05, 4.69) is 60.0 Å². The van der Waals surface area contributed by atoms with Gasteiger partial charge < -0.3 is 0 Å². The van der Waals surface area contributed by atoms with Gasteiger partial charge in [-0.2, -0.15) is 0 Å². The van der Waals surface area contributed by atoms with E-state index in [4.69, 9.17) is 0 Å². The Morgan fingerprint density at radius 3 is 1.93 bits per heavy atom. The predicted molar refractivity (Wildman–Crippen MR) is 165 cm³/mol. The second-order valence-corrected chi connectivity index (χ2v) is 13.9. The Morgan fingerprint density at radius 1 is 0.500 bits per heavy atom. The van der Waals surface area contributed by atoms with E-state index in [-0.39, 0.29) is 0 Å². The van der Waals surface area contributed by atoms with Gasteiger partial charge in [0.1, 0.15) is 0 Å². The first-order valence-electron chi connectivity index (χ1n) is 14.9. The molecule has 0 heterocycles. The standard InChI is InChI=1S/C40H12/c1-2-12-14-5-6-16-18-9-10-20-19-8-7-17-15-4-3-13-11(1)21-22(12)32-24(14)26(16)34-29(18)30(20)35-28(19)27(17)33-25(15)23(13)31(21)36-37(32)39(34)40(35)38(33)36/h1-8,16,29-30,34H. The molecular weight excluding hydrogens is 480 g/mol. The fourth-order valence-corrected chi connectivity index (χ4v) is 12.5. The lowest BCUT2D eigenvalue weighted by atomic mass is 9.66. The molecule has 0 N–H and O–H groups in total. The zero-order chi connectivity index (χ0) is 24.4. The summed E-state index contributed by atoms with van der Waals surface area (Å²) in [6.07, 6.45) is 5.03. The summed E-state index contributed by atoms with van der Waals surface area (Å²) in [5, 5.41) is 29.5. The van der Waals surface area contributed by atoms with Crippen LogP contribution in [0.5, 0.6) is 0 Å². The molecule has 0 aliphatic heterocycles. The quantitative estimate of drug-likeness (QED) is 0.146. The molecule has 0 amide bonds. The van der Waals surface area contributed by atoms with E-state index >= 15 is 0 Å². The maximum absolute atomic E-state index is 3.85. The van der Waals surface area contributed by atoms with Gasteiger partial charge >= 0.3 is 0 Å². The number of fused-ring (bicyclic) bond motifs is 5. The summed E-state index contributed by atoms with van der Waals surface area (Å²) < 4.78 is 0. The van der Waals surface area contributed by atoms with Gasteiger partial charge in [0.05, 0.1) is 0 Å². The maximum atomic E-state index is 3.85. The molecule has 0 saturated heterocycles. The average molecular weight is 493 g/mol. The van der Waals surface area contributed by atoms with Gasteiger partial charge in [0.15, 0.2) is 0 Å². The predicted octanol–water partition coefficient (Wildman–Crippen LogP) is 9.12. The van der Waals surface area contributed by atoms with Crippen molar-refractivity contribution in [3.05, 3.63) is 87.0 Å². The van der Waals surface area contributed by atoms with Gasteiger partial charge in [-0.3, -0.25) is 0 Å². The normalized spacial score (nSPS) is 26.2. The Balaban J connectivity index is 1.50. The van der Waals surface area contributed by atoms with Crippen LogP contribution in [0, 0.1) is 11.8 Å². The van der Waals surface area contributed by atoms with Gasteiger partial charge in [-0.1, -0.05) is 60.0 Å². The van der Waals surface area contributed by atoms with Crippen molar-refractivity contribution < 1.29 is 0 Å². The third-order valence-corrected chi connectivity index (χ3v) is 13.2. The zero-order valence-electron chi connectivity index (χ0n) is 20.9. The first-order valence-corrected chi connectivity index (χ1v) is 14.9. The largest absolute Gasteiger partial charge is 0.0720 e. The van der Waals surface area contributed by atoms with Crippen LogP contribution < -0.4 is 5.22 Å². The lowest BCUT2D eigenvalue weighted by Gasteiger charge is -2.35. The Labute approximate surface area is 224 Å². The van der Waals surface area contributed by atoms with E-state index in [1.807, 2.05) is 0 Å². The molecule has 10 aromatic carbocycles. The van der Waals surface area contributed by atoms with Crippen LogP contribution in [0.3, 0.4) is 0 Å². The van der Waals surface area contributed by atoms with Gasteiger partial charge in [-0.05, 0) is 136 Å². The minimum absolute atomic E-state index is 0.374. The van der Waals surface area contributed by atoms with Crippen LogP contribution in [-0.4, -0.2) is 0 Å². The van der Waals surface area contributed by atoms with Gasteiger partial charge in [0.25, 0.3) is 0 Å². The van der Waals surface area contributed by atoms with Crippen molar-refractivity contribution in [3.8, 4) is 0 Å². The minimum Gasteiger partial charge on any atom is -0.0720 e. The van der Waals surface area contributed by atoms with Gasteiger partial charge in [-0.15, -0.1) is 0 Å². The lowest BCUT2D eigenvalue weighted by molar-refractivity contribution is 0.543. The van der Waals surface area contributed by atoms with Crippen LogP contribution in [0.4, 0.5) is 0 Å². The number of benzene rings is 6. The third kappa shape index (κ3) is 1.05. The first kappa shape index (κ1) is 16.3. The van der Waals surface area contributed by atoms with E-state index in [9.17, 15) is 0 Å². The van der Waals surface area contributed by atoms with Crippen LogP contribution in [-0.2, 0) is 0 Å². The van der Waals surface area contributed by atoms with E-state index in [0.717, 1.165) is 0 Å². The van der Waals surface area contributed by atoms with Crippen molar-refractivity contribution in [2.75, 3.05) is 0 Å². The highest BCUT2D eigenvalue weighted by atomic mass is 14.6. The van der Waals surface area contributed by atoms with E-state index < -0.39 is 0 Å². The summed E-state index contributed by atoms with van der Waals surface area (Å²) in [5.41, 5.74) is 18.6. The Hall–Kier alpha value is -4.86. The summed E-state index contributed by atoms with van der Waals surface area (Å²) >= 11 is 0. The topological polar surface area (TPSA) is 0 Å². The lowest BCUT2D eigenvalue weighted by Crippen LogP contribution is -2.26. The summed E-state index contributed by atoms with van der Waals surface area (Å²) in [6.45, 7) is 0. The molecule has 4 atom stereocenters. The highest BCUT2D eigenvalue weighted by Gasteiger charge is 2.58. The zero-order valence-corrected chi connectivity index (χ0v) is 20.9. The summed E-state index contributed by atoms with van der Waals surface area (Å²) in [6, 6.07) is 14.7. The van der Waals surface area contributed by atoms with Crippen molar-refractivity contribution in [3.63, 3.8) is 0 Å². The molecule has 6 aliphatic carbocycles. The molecule has 1 fully saturated rings. The average Bonchev–Trinajstić information content (AvgIpc) is 3.79. The van der Waals surface area contributed by atoms with Crippen molar-refractivity contribution in [1.82, 2.24) is 0 Å². The fraction of sp³-hybridized carbons (Fsp3) is 0.100. The smallest absolute Gasteiger partial charge is 0.0292 e. The third-order valence-electron chi connectivity index (χ3n) is 13.2. The number of hydrogen-bond donors (Lipinski definition) is 0. The van der Waals surface area contributed by atoms with Crippen LogP contribution in [0.25, 0.3) is 114 Å². The van der Waals surface area contributed by atoms with Gasteiger partial charge in [0, 0.05) is 29.2 Å². The molecule has 4 unspecified atom stereocenters. The van der Waals surface area contributed by atoms with E-state index in [1.54, 1.807) is 91.9 Å². The van der Waals surface area contributed by atoms with Gasteiger partial charge in [0.2, 0.25) is 0 Å². The first-order chi connectivity index (χ1) is 19.9. The minimum atomic E-state index is 0.374. The summed E-state index contributed by atoms with van der Waals surface area (Å²) in [4.78, 5) is 0. The Kier molecular flexibility index (Phi) is 1.69. The van der Waals surface area contributed by atoms with Crippen LogP contribution in [0.2, 0.25) is 0 Å². The second-order valence-electron chi connectivity index (χ2n) is 13.9. The SMILES string of the molecule is C1=C=C2C3C=Cc4c5c6c7c8c9c%10c%11c(ccc%12c%13ccc%14c%15ccc4c6c%15c4c%14c%13c(c%11%12)c9c74)C=1C%10C2C8C=53. The number of hydrogen-bond acceptors (Lipinski definition) is 0. The number of rotatable bonds is 0. The van der Waals surface area contributed by atoms with E-state index in [0.29, 0.717) is 23.7 Å². The highest BCUT2D eigenvalue weighted by molar-refractivity contribution is 6.59. The Bertz CT molecular complexity index is 3270. The molecule has 0 aromatic heterocycles. The van der Waals surface area contributed by atoms with Crippen molar-refractivity contribution in [1.29, 1.82) is 0 Å². The van der Waals surface area contributed by atoms with Crippen molar-refractivity contribution >= 4 is 114 Å². The molecule has 10 aromatic rings. The summed E-state index contributed by atoms with van der Waals surface area (Å²) in [7, 11) is 0. The van der Waals surface area contributed by atoms with Crippen LogP contribution in [0.1, 0.15) is 34.1 Å². The van der Waals surface area contributed by atoms with Crippen molar-refractivity contribution in [2.45, 2.75) is 11.8 Å². The van der Waals surface area contributed by atoms with Gasteiger partial charge in [-0.25, -0.2) is 0 Å². The van der Waals surface area contributed by atoms with Crippen molar-refractivity contribution in [2.24, 2.45) is 11.8 Å². The molecular formula is C40H12. The number of allylic oxidation sites excluding steroid dienone is 3. The van der Waals surface area contributed by atoms with Crippen LogP contribution in [0.15, 0.2) is 59.5 Å². The molecule has 0 spiro atoms. The molecule has 0 bridgehead atoms. The molecule has 1 saturated carbocycles. The molecule has 40 heavy (non-hydrogen) atoms. The molecule has 6 aliphatic rings. The maximum Gasteiger partial charge on any atom is 0.0292 e. The molecule has 0 nitrogen and oxygen atoms in total. The second kappa shape index (κ2) is 4.14. The molecule has 0 radical (unpaired) electrons. The highest BCUT2D eigenvalue weighted by Crippen LogP contribution is 2.74. The summed E-state index contributed by atoms with van der Waals surface area (Å²) in [5.74, 6) is 1.76. The van der Waals surface area contributed by atoms with Crippen LogP contribution >= 0.6 is 0 Å². The molecule has 16 rings (SSSR count). The Morgan fingerprint density at radius 2 is 1.12 bits per heavy atom. The fourth-order valence-electron chi connectivity index (χ4n) is 12.5.